The van der Waals surface area contributed by atoms with Gasteiger partial charge in [0.2, 0.25) is 10.0 Å². The number of sulfonamides is 1. The molecule has 3 rings (SSSR count). The Bertz CT molecular complexity index is 663. The van der Waals surface area contributed by atoms with Crippen molar-refractivity contribution in [3.05, 3.63) is 35.9 Å². The molecule has 1 heterocycles. The van der Waals surface area contributed by atoms with Gasteiger partial charge < -0.3 is 9.64 Å². The Morgan fingerprint density at radius 1 is 1.12 bits per heavy atom. The summed E-state index contributed by atoms with van der Waals surface area (Å²) >= 11 is 0. The van der Waals surface area contributed by atoms with Gasteiger partial charge in [0.05, 0.1) is 11.9 Å². The zero-order chi connectivity index (χ0) is 18.0. The fourth-order valence-electron chi connectivity index (χ4n) is 4.39. The molecule has 1 saturated heterocycles. The predicted molar refractivity (Wildman–Crippen MR) is 100.0 cm³/mol. The highest BCUT2D eigenvalue weighted by Gasteiger charge is 2.45. The van der Waals surface area contributed by atoms with Gasteiger partial charge in [0, 0.05) is 26.2 Å². The summed E-state index contributed by atoms with van der Waals surface area (Å²) in [4.78, 5) is 2.22. The molecule has 25 heavy (non-hydrogen) atoms. The first-order valence-electron chi connectivity index (χ1n) is 9.11. The fraction of sp³-hybridized carbons (Fsp3) is 0.684. The third kappa shape index (κ3) is 4.25. The van der Waals surface area contributed by atoms with Crippen LogP contribution in [-0.2, 0) is 21.2 Å². The van der Waals surface area contributed by atoms with E-state index in [1.807, 2.05) is 30.3 Å². The van der Waals surface area contributed by atoms with Crippen LogP contribution in [0, 0.1) is 11.8 Å². The summed E-state index contributed by atoms with van der Waals surface area (Å²) in [5, 5.41) is 0. The van der Waals surface area contributed by atoms with E-state index >= 15 is 0 Å². The minimum atomic E-state index is -3.20. The van der Waals surface area contributed by atoms with Crippen molar-refractivity contribution in [2.24, 2.45) is 11.8 Å². The Morgan fingerprint density at radius 2 is 1.76 bits per heavy atom. The van der Waals surface area contributed by atoms with Crippen molar-refractivity contribution in [1.29, 1.82) is 0 Å². The average molecular weight is 367 g/mol. The molecule has 0 amide bonds. The van der Waals surface area contributed by atoms with Crippen molar-refractivity contribution < 1.29 is 13.2 Å². The van der Waals surface area contributed by atoms with E-state index < -0.39 is 10.0 Å². The topological polar surface area (TPSA) is 49.9 Å². The second kappa shape index (κ2) is 7.74. The number of ether oxygens (including phenoxy) is 1. The quantitative estimate of drug-likeness (QED) is 0.771. The molecule has 1 aromatic rings. The molecule has 2 aliphatic rings. The van der Waals surface area contributed by atoms with Crippen molar-refractivity contribution in [2.45, 2.75) is 31.4 Å². The minimum absolute atomic E-state index is 0.196. The van der Waals surface area contributed by atoms with Gasteiger partial charge in [-0.15, -0.1) is 0 Å². The minimum Gasteiger partial charge on any atom is -0.380 e. The van der Waals surface area contributed by atoms with Crippen LogP contribution in [0.4, 0.5) is 0 Å². The summed E-state index contributed by atoms with van der Waals surface area (Å²) in [6.45, 7) is 1.32. The van der Waals surface area contributed by atoms with Crippen molar-refractivity contribution in [3.63, 3.8) is 0 Å². The first-order valence-corrected chi connectivity index (χ1v) is 10.7. The van der Waals surface area contributed by atoms with Gasteiger partial charge in [-0.05, 0) is 50.8 Å². The highest BCUT2D eigenvalue weighted by atomic mass is 32.2. The van der Waals surface area contributed by atoms with E-state index in [-0.39, 0.29) is 11.9 Å². The van der Waals surface area contributed by atoms with E-state index in [0.717, 1.165) is 18.4 Å². The van der Waals surface area contributed by atoms with Gasteiger partial charge in [0.25, 0.3) is 0 Å². The molecule has 6 heteroatoms. The Hall–Kier alpha value is -0.950. The summed E-state index contributed by atoms with van der Waals surface area (Å²) < 4.78 is 33.0. The maximum Gasteiger partial charge on any atom is 0.214 e. The third-order valence-electron chi connectivity index (χ3n) is 5.90. The van der Waals surface area contributed by atoms with Crippen LogP contribution in [0.15, 0.2) is 30.3 Å². The van der Waals surface area contributed by atoms with Crippen LogP contribution in [-0.4, -0.2) is 69.8 Å². The summed E-state index contributed by atoms with van der Waals surface area (Å²) in [6, 6.07) is 10.2. The number of nitrogens with zero attached hydrogens (tertiary/aromatic N) is 2. The molecule has 4 atom stereocenters. The number of likely N-dealkylation sites (N-methyl/N-ethyl adjacent to an activating group) is 1. The van der Waals surface area contributed by atoms with E-state index in [0.29, 0.717) is 37.4 Å². The summed E-state index contributed by atoms with van der Waals surface area (Å²) in [5.41, 5.74) is 1.08. The van der Waals surface area contributed by atoms with Crippen molar-refractivity contribution in [2.75, 3.05) is 40.0 Å². The maximum absolute atomic E-state index is 12.8. The summed E-state index contributed by atoms with van der Waals surface area (Å²) in [6.07, 6.45) is 2.74. The zero-order valence-corrected chi connectivity index (χ0v) is 16.3. The molecule has 0 N–H and O–H groups in total. The number of aryl methyl sites for hydroxylation is 1. The molecular formula is C19H30N2O3S. The van der Waals surface area contributed by atoms with Gasteiger partial charge >= 0.3 is 0 Å². The summed E-state index contributed by atoms with van der Waals surface area (Å²) in [5.74, 6) is 1.07. The molecule has 2 fully saturated rings. The van der Waals surface area contributed by atoms with E-state index in [9.17, 15) is 8.42 Å². The molecule has 0 aromatic heterocycles. The highest BCUT2D eigenvalue weighted by Crippen LogP contribution is 2.39. The molecule has 1 aliphatic heterocycles. The molecule has 0 radical (unpaired) electrons. The van der Waals surface area contributed by atoms with Crippen LogP contribution in [0.5, 0.6) is 0 Å². The predicted octanol–water partition coefficient (Wildman–Crippen LogP) is 1.85. The molecule has 1 aliphatic carbocycles. The normalized spacial score (nSPS) is 30.6. The molecule has 0 unspecified atom stereocenters. The molecule has 0 bridgehead atoms. The van der Waals surface area contributed by atoms with Crippen LogP contribution in [0.25, 0.3) is 0 Å². The summed E-state index contributed by atoms with van der Waals surface area (Å²) in [7, 11) is 2.74. The van der Waals surface area contributed by atoms with Gasteiger partial charge in [-0.2, -0.15) is 0 Å². The van der Waals surface area contributed by atoms with E-state index in [2.05, 4.69) is 19.0 Å². The lowest BCUT2D eigenvalue weighted by Gasteiger charge is -2.40. The van der Waals surface area contributed by atoms with Gasteiger partial charge in [0.1, 0.15) is 0 Å². The highest BCUT2D eigenvalue weighted by molar-refractivity contribution is 7.89. The van der Waals surface area contributed by atoms with Gasteiger partial charge in [-0.3, -0.25) is 0 Å². The Balaban J connectivity index is 1.63. The van der Waals surface area contributed by atoms with Crippen LogP contribution < -0.4 is 0 Å². The molecule has 1 aromatic carbocycles. The Labute approximate surface area is 152 Å². The van der Waals surface area contributed by atoms with E-state index in [4.69, 9.17) is 4.74 Å². The largest absolute Gasteiger partial charge is 0.380 e. The Morgan fingerprint density at radius 3 is 2.36 bits per heavy atom. The number of hydrogen-bond acceptors (Lipinski definition) is 4. The van der Waals surface area contributed by atoms with Crippen LogP contribution >= 0.6 is 0 Å². The SMILES string of the molecule is CO[C@@H]1C[C@H]2CN(S(=O)(=O)CCc3ccccc3)C[C@H]2C[C@H]1N(C)C. The second-order valence-corrected chi connectivity index (χ2v) is 9.75. The standard InChI is InChI=1S/C19H30N2O3S/c1-20(2)18-11-16-13-21(14-17(16)12-19(18)24-3)25(22,23)10-9-15-7-5-4-6-8-15/h4-8,16-19H,9-14H2,1-3H3/t16-,17+,18-,19-/m1/s1. The number of methoxy groups -OCH3 is 1. The molecule has 5 nitrogen and oxygen atoms in total. The lowest BCUT2D eigenvalue weighted by molar-refractivity contribution is -0.0209. The van der Waals surface area contributed by atoms with E-state index in [1.165, 1.54) is 0 Å². The third-order valence-corrected chi connectivity index (χ3v) is 7.71. The lowest BCUT2D eigenvalue weighted by atomic mass is 9.77. The lowest BCUT2D eigenvalue weighted by Crippen LogP contribution is -2.47. The van der Waals surface area contributed by atoms with Gasteiger partial charge in [-0.1, -0.05) is 30.3 Å². The number of rotatable bonds is 6. The number of hydrogen-bond donors (Lipinski definition) is 0. The van der Waals surface area contributed by atoms with Crippen molar-refractivity contribution in [3.8, 4) is 0 Å². The van der Waals surface area contributed by atoms with Gasteiger partial charge in [0.15, 0.2) is 0 Å². The fourth-order valence-corrected chi connectivity index (χ4v) is 5.98. The zero-order valence-electron chi connectivity index (χ0n) is 15.5. The van der Waals surface area contributed by atoms with E-state index in [1.54, 1.807) is 11.4 Å². The van der Waals surface area contributed by atoms with Crippen molar-refractivity contribution in [1.82, 2.24) is 9.21 Å². The van der Waals surface area contributed by atoms with Crippen LogP contribution in [0.2, 0.25) is 0 Å². The maximum atomic E-state index is 12.8. The first kappa shape index (κ1) is 18.8. The molecule has 0 spiro atoms. The first-order chi connectivity index (χ1) is 11.9. The molecule has 140 valence electrons. The number of fused-ring (bicyclic) bond motifs is 1. The molecule has 1 saturated carbocycles. The second-order valence-electron chi connectivity index (χ2n) is 7.67. The van der Waals surface area contributed by atoms with Crippen LogP contribution in [0.1, 0.15) is 18.4 Å². The average Bonchev–Trinajstić information content (AvgIpc) is 3.03. The monoisotopic (exact) mass is 366 g/mol. The Kier molecular flexibility index (Phi) is 5.83. The van der Waals surface area contributed by atoms with Gasteiger partial charge in [-0.25, -0.2) is 12.7 Å². The van der Waals surface area contributed by atoms with Crippen molar-refractivity contribution >= 4 is 10.0 Å². The molecular weight excluding hydrogens is 336 g/mol. The smallest absolute Gasteiger partial charge is 0.214 e. The van der Waals surface area contributed by atoms with Crippen LogP contribution in [0.3, 0.4) is 0 Å². The number of benzene rings is 1.